The number of allylic oxidation sites excluding steroid dienone is 1. The monoisotopic (exact) mass is 454 g/mol. The molecule has 0 radical (unpaired) electrons. The topological polar surface area (TPSA) is 76.9 Å². The number of hydrogen-bond donors (Lipinski definition) is 1. The molecule has 1 aromatic heterocycles. The van der Waals surface area contributed by atoms with E-state index in [1.54, 1.807) is 30.3 Å². The number of benzene rings is 2. The van der Waals surface area contributed by atoms with E-state index in [4.69, 9.17) is 11.6 Å². The molecule has 3 aromatic rings. The van der Waals surface area contributed by atoms with Gasteiger partial charge in [0.1, 0.15) is 0 Å². The average Bonchev–Trinajstić information content (AvgIpc) is 3.15. The van der Waals surface area contributed by atoms with Gasteiger partial charge in [0.2, 0.25) is 5.91 Å². The molecule has 1 N–H and O–H groups in total. The first-order valence-electron chi connectivity index (χ1n) is 9.72. The number of carbonyl (C=O) groups excluding carboxylic acids is 2. The molecule has 0 saturated heterocycles. The van der Waals surface area contributed by atoms with E-state index in [1.165, 1.54) is 18.7 Å². The van der Waals surface area contributed by atoms with Crippen LogP contribution in [0.2, 0.25) is 5.02 Å². The van der Waals surface area contributed by atoms with Crippen LogP contribution in [0.25, 0.3) is 11.4 Å². The summed E-state index contributed by atoms with van der Waals surface area (Å²) in [7, 11) is 0. The highest BCUT2D eigenvalue weighted by Gasteiger charge is 2.16. The molecule has 0 aliphatic carbocycles. The molecule has 0 bridgehead atoms. The molecule has 0 spiro atoms. The van der Waals surface area contributed by atoms with E-state index in [1.807, 2.05) is 35.8 Å². The predicted molar refractivity (Wildman–Crippen MR) is 124 cm³/mol. The molecule has 8 heteroatoms. The van der Waals surface area contributed by atoms with Crippen molar-refractivity contribution in [2.24, 2.45) is 0 Å². The van der Waals surface area contributed by atoms with Crippen molar-refractivity contribution in [3.63, 3.8) is 0 Å². The predicted octanol–water partition coefficient (Wildman–Crippen LogP) is 4.96. The van der Waals surface area contributed by atoms with Crippen molar-refractivity contribution in [3.8, 4) is 11.4 Å². The number of rotatable bonds is 9. The highest BCUT2D eigenvalue weighted by atomic mass is 35.5. The number of hydrogen-bond acceptors (Lipinski definition) is 5. The van der Waals surface area contributed by atoms with E-state index in [0.29, 0.717) is 28.1 Å². The van der Waals surface area contributed by atoms with Crippen molar-refractivity contribution in [1.29, 1.82) is 0 Å². The van der Waals surface area contributed by atoms with Crippen molar-refractivity contribution in [2.75, 3.05) is 5.75 Å². The molecule has 2 aromatic carbocycles. The molecule has 1 atom stereocenters. The summed E-state index contributed by atoms with van der Waals surface area (Å²) < 4.78 is 1.92. The lowest BCUT2D eigenvalue weighted by Gasteiger charge is -2.13. The van der Waals surface area contributed by atoms with E-state index in [9.17, 15) is 9.59 Å². The largest absolute Gasteiger partial charge is 0.350 e. The number of nitrogens with zero attached hydrogens (tertiary/aromatic N) is 3. The molecule has 160 valence electrons. The number of amides is 1. The quantitative estimate of drug-likeness (QED) is 0.281. The fourth-order valence-electron chi connectivity index (χ4n) is 3.06. The van der Waals surface area contributed by atoms with Gasteiger partial charge in [-0.05, 0) is 36.8 Å². The summed E-state index contributed by atoms with van der Waals surface area (Å²) in [5.74, 6) is 0.828. The van der Waals surface area contributed by atoms with Crippen LogP contribution in [0.5, 0.6) is 0 Å². The lowest BCUT2D eigenvalue weighted by molar-refractivity contribution is -0.119. The summed E-state index contributed by atoms with van der Waals surface area (Å²) in [4.78, 5) is 23.9. The van der Waals surface area contributed by atoms with Crippen molar-refractivity contribution >= 4 is 35.1 Å². The Kier molecular flexibility index (Phi) is 7.65. The highest BCUT2D eigenvalue weighted by molar-refractivity contribution is 7.99. The van der Waals surface area contributed by atoms with E-state index >= 15 is 0 Å². The van der Waals surface area contributed by atoms with Crippen molar-refractivity contribution < 1.29 is 9.59 Å². The zero-order chi connectivity index (χ0) is 22.4. The maximum Gasteiger partial charge on any atom is 0.217 e. The standard InChI is InChI=1S/C23H23ClN4O2S/c1-4-13-28-22(19-9-11-20(24)12-10-19)26-27-23(28)31-14-21(30)18-7-5-17(6-8-18)15(2)25-16(3)29/h4-12,15H,1,13-14H2,2-3H3,(H,25,29). The summed E-state index contributed by atoms with van der Waals surface area (Å²) in [6.07, 6.45) is 1.77. The van der Waals surface area contributed by atoms with E-state index in [0.717, 1.165) is 11.1 Å². The Morgan fingerprint density at radius 2 is 1.84 bits per heavy atom. The second-order valence-corrected chi connectivity index (χ2v) is 8.35. The van der Waals surface area contributed by atoms with Crippen LogP contribution in [-0.4, -0.2) is 32.2 Å². The summed E-state index contributed by atoms with van der Waals surface area (Å²) in [5.41, 5.74) is 2.44. The maximum atomic E-state index is 12.7. The van der Waals surface area contributed by atoms with Crippen molar-refractivity contribution in [2.45, 2.75) is 31.6 Å². The number of nitrogens with one attached hydrogen (secondary N) is 1. The van der Waals surface area contributed by atoms with E-state index in [2.05, 4.69) is 22.1 Å². The Bertz CT molecular complexity index is 1080. The Morgan fingerprint density at radius 1 is 1.16 bits per heavy atom. The SMILES string of the molecule is C=CCn1c(SCC(=O)c2ccc(C(C)NC(C)=O)cc2)nnc1-c1ccc(Cl)cc1. The minimum atomic E-state index is -0.111. The molecule has 1 heterocycles. The fraction of sp³-hybridized carbons (Fsp3) is 0.217. The summed E-state index contributed by atoms with van der Waals surface area (Å²) in [5, 5.41) is 12.7. The molecule has 0 aliphatic heterocycles. The second-order valence-electron chi connectivity index (χ2n) is 6.97. The van der Waals surface area contributed by atoms with Gasteiger partial charge < -0.3 is 5.32 Å². The Hall–Kier alpha value is -2.90. The molecule has 1 amide bonds. The zero-order valence-electron chi connectivity index (χ0n) is 17.3. The molecule has 31 heavy (non-hydrogen) atoms. The average molecular weight is 455 g/mol. The van der Waals surface area contributed by atoms with Crippen LogP contribution in [0.4, 0.5) is 0 Å². The first-order chi connectivity index (χ1) is 14.9. The summed E-state index contributed by atoms with van der Waals surface area (Å²) in [6.45, 7) is 7.72. The van der Waals surface area contributed by atoms with Gasteiger partial charge in [0, 0.05) is 29.6 Å². The highest BCUT2D eigenvalue weighted by Crippen LogP contribution is 2.26. The van der Waals surface area contributed by atoms with Crippen LogP contribution in [0.3, 0.4) is 0 Å². The fourth-order valence-corrected chi connectivity index (χ4v) is 4.03. The third kappa shape index (κ3) is 5.83. The third-order valence-electron chi connectivity index (χ3n) is 4.62. The molecular formula is C23H23ClN4O2S. The van der Waals surface area contributed by atoms with E-state index < -0.39 is 0 Å². The van der Waals surface area contributed by atoms with Gasteiger partial charge in [-0.15, -0.1) is 16.8 Å². The molecular weight excluding hydrogens is 432 g/mol. The number of ketones is 1. The van der Waals surface area contributed by atoms with Gasteiger partial charge >= 0.3 is 0 Å². The summed E-state index contributed by atoms with van der Waals surface area (Å²) in [6, 6.07) is 14.5. The van der Waals surface area contributed by atoms with Gasteiger partial charge in [0.25, 0.3) is 0 Å². The van der Waals surface area contributed by atoms with Gasteiger partial charge in [0.15, 0.2) is 16.8 Å². The smallest absolute Gasteiger partial charge is 0.217 e. The number of Topliss-reactive ketones (excluding diaryl/α,β-unsaturated/α-hetero) is 1. The minimum absolute atomic E-state index is 0.00933. The zero-order valence-corrected chi connectivity index (χ0v) is 18.9. The first-order valence-corrected chi connectivity index (χ1v) is 11.1. The van der Waals surface area contributed by atoms with E-state index in [-0.39, 0.29) is 23.5 Å². The maximum absolute atomic E-state index is 12.7. The summed E-state index contributed by atoms with van der Waals surface area (Å²) >= 11 is 7.31. The van der Waals surface area contributed by atoms with Crippen molar-refractivity contribution in [1.82, 2.24) is 20.1 Å². The Labute approximate surface area is 190 Å². The third-order valence-corrected chi connectivity index (χ3v) is 5.83. The molecule has 0 fully saturated rings. The van der Waals surface area contributed by atoms with Crippen LogP contribution in [0.1, 0.15) is 35.8 Å². The van der Waals surface area contributed by atoms with Crippen LogP contribution < -0.4 is 5.32 Å². The van der Waals surface area contributed by atoms with Crippen LogP contribution in [0.15, 0.2) is 66.3 Å². The number of thioether (sulfide) groups is 1. The van der Waals surface area contributed by atoms with Gasteiger partial charge in [-0.1, -0.05) is 53.7 Å². The molecule has 6 nitrogen and oxygen atoms in total. The molecule has 1 unspecified atom stereocenters. The minimum Gasteiger partial charge on any atom is -0.350 e. The number of aromatic nitrogens is 3. The van der Waals surface area contributed by atoms with Gasteiger partial charge in [-0.2, -0.15) is 0 Å². The normalized spacial score (nSPS) is 11.7. The van der Waals surface area contributed by atoms with Crippen LogP contribution >= 0.6 is 23.4 Å². The molecule has 0 aliphatic rings. The van der Waals surface area contributed by atoms with Gasteiger partial charge in [-0.3, -0.25) is 14.2 Å². The lowest BCUT2D eigenvalue weighted by atomic mass is 10.0. The Balaban J connectivity index is 1.70. The van der Waals surface area contributed by atoms with Crippen molar-refractivity contribution in [3.05, 3.63) is 77.3 Å². The molecule has 0 saturated carbocycles. The van der Waals surface area contributed by atoms with Crippen LogP contribution in [-0.2, 0) is 11.3 Å². The second kappa shape index (κ2) is 10.4. The van der Waals surface area contributed by atoms with Gasteiger partial charge in [-0.25, -0.2) is 0 Å². The van der Waals surface area contributed by atoms with Crippen LogP contribution in [0, 0.1) is 0 Å². The van der Waals surface area contributed by atoms with Gasteiger partial charge in [0.05, 0.1) is 11.8 Å². The lowest BCUT2D eigenvalue weighted by Crippen LogP contribution is -2.23. The first kappa shape index (κ1) is 22.8. The number of halogens is 1. The number of carbonyl (C=O) groups is 2. The molecule has 3 rings (SSSR count). The Morgan fingerprint density at radius 3 is 2.45 bits per heavy atom.